The molecule has 0 saturated heterocycles. The number of nitrogens with one attached hydrogen (secondary N) is 1. The zero-order valence-electron chi connectivity index (χ0n) is 10.4. The Bertz CT molecular complexity index is 314. The standard InChI is InChI=1S/C14H22N2/c1-3-15-14(12-5-4-6-12)9-13-8-7-11(2)10-16-13/h7-8,10,12,14-15H,3-6,9H2,1-2H3. The van der Waals surface area contributed by atoms with Gasteiger partial charge in [0.25, 0.3) is 0 Å². The van der Waals surface area contributed by atoms with Gasteiger partial charge in [-0.1, -0.05) is 19.4 Å². The van der Waals surface area contributed by atoms with Gasteiger partial charge < -0.3 is 5.32 Å². The fourth-order valence-corrected chi connectivity index (χ4v) is 2.35. The van der Waals surface area contributed by atoms with Crippen LogP contribution in [0.15, 0.2) is 18.3 Å². The van der Waals surface area contributed by atoms with Gasteiger partial charge in [0.2, 0.25) is 0 Å². The maximum atomic E-state index is 4.50. The normalized spacial score (nSPS) is 18.1. The Morgan fingerprint density at radius 2 is 2.25 bits per heavy atom. The number of pyridine rings is 1. The van der Waals surface area contributed by atoms with Crippen LogP contribution in [0.1, 0.15) is 37.4 Å². The van der Waals surface area contributed by atoms with Crippen molar-refractivity contribution in [3.05, 3.63) is 29.6 Å². The van der Waals surface area contributed by atoms with E-state index in [1.54, 1.807) is 0 Å². The van der Waals surface area contributed by atoms with Crippen LogP contribution in [-0.4, -0.2) is 17.6 Å². The lowest BCUT2D eigenvalue weighted by Crippen LogP contribution is -2.41. The van der Waals surface area contributed by atoms with Gasteiger partial charge in [0.05, 0.1) is 0 Å². The molecule has 1 fully saturated rings. The summed E-state index contributed by atoms with van der Waals surface area (Å²) >= 11 is 0. The summed E-state index contributed by atoms with van der Waals surface area (Å²) in [5, 5.41) is 3.61. The van der Waals surface area contributed by atoms with Crippen LogP contribution in [0.3, 0.4) is 0 Å². The number of aryl methyl sites for hydroxylation is 1. The Morgan fingerprint density at radius 1 is 1.44 bits per heavy atom. The van der Waals surface area contributed by atoms with E-state index >= 15 is 0 Å². The molecule has 0 aliphatic heterocycles. The lowest BCUT2D eigenvalue weighted by atomic mass is 9.78. The van der Waals surface area contributed by atoms with Crippen molar-refractivity contribution in [3.63, 3.8) is 0 Å². The van der Waals surface area contributed by atoms with Crippen molar-refractivity contribution in [1.29, 1.82) is 0 Å². The van der Waals surface area contributed by atoms with Crippen molar-refractivity contribution in [2.75, 3.05) is 6.54 Å². The monoisotopic (exact) mass is 218 g/mol. The highest BCUT2D eigenvalue weighted by atomic mass is 14.9. The highest BCUT2D eigenvalue weighted by molar-refractivity contribution is 5.13. The van der Waals surface area contributed by atoms with Crippen LogP contribution < -0.4 is 5.32 Å². The fraction of sp³-hybridized carbons (Fsp3) is 0.643. The molecule has 2 nitrogen and oxygen atoms in total. The predicted molar refractivity (Wildman–Crippen MR) is 67.5 cm³/mol. The molecule has 1 aliphatic rings. The van der Waals surface area contributed by atoms with Gasteiger partial charge in [0.1, 0.15) is 0 Å². The van der Waals surface area contributed by atoms with E-state index in [2.05, 4.69) is 36.3 Å². The summed E-state index contributed by atoms with van der Waals surface area (Å²) in [6, 6.07) is 4.96. The van der Waals surface area contributed by atoms with Crippen LogP contribution in [0.2, 0.25) is 0 Å². The first-order chi connectivity index (χ1) is 7.79. The fourth-order valence-electron chi connectivity index (χ4n) is 2.35. The number of rotatable bonds is 5. The third kappa shape index (κ3) is 2.82. The van der Waals surface area contributed by atoms with E-state index in [0.717, 1.165) is 18.9 Å². The minimum absolute atomic E-state index is 0.633. The second kappa shape index (κ2) is 5.44. The van der Waals surface area contributed by atoms with E-state index in [1.807, 2.05) is 6.20 Å². The average molecular weight is 218 g/mol. The van der Waals surface area contributed by atoms with Crippen LogP contribution in [0.25, 0.3) is 0 Å². The molecule has 16 heavy (non-hydrogen) atoms. The van der Waals surface area contributed by atoms with Gasteiger partial charge in [0, 0.05) is 24.4 Å². The molecule has 2 heteroatoms. The second-order valence-corrected chi connectivity index (χ2v) is 4.89. The summed E-state index contributed by atoms with van der Waals surface area (Å²) in [5.74, 6) is 0.878. The maximum Gasteiger partial charge on any atom is 0.0419 e. The highest BCUT2D eigenvalue weighted by Crippen LogP contribution is 2.30. The molecule has 88 valence electrons. The van der Waals surface area contributed by atoms with Crippen molar-refractivity contribution in [2.24, 2.45) is 5.92 Å². The lowest BCUT2D eigenvalue weighted by Gasteiger charge is -2.34. The van der Waals surface area contributed by atoms with E-state index in [0.29, 0.717) is 6.04 Å². The molecule has 1 heterocycles. The smallest absolute Gasteiger partial charge is 0.0419 e. The average Bonchev–Trinajstić information content (AvgIpc) is 2.19. The van der Waals surface area contributed by atoms with Gasteiger partial charge in [-0.2, -0.15) is 0 Å². The van der Waals surface area contributed by atoms with Crippen molar-refractivity contribution < 1.29 is 0 Å². The quantitative estimate of drug-likeness (QED) is 0.822. The number of aromatic nitrogens is 1. The topological polar surface area (TPSA) is 24.9 Å². The molecule has 1 aliphatic carbocycles. The molecule has 1 aromatic heterocycles. The van der Waals surface area contributed by atoms with Crippen molar-refractivity contribution >= 4 is 0 Å². The molecule has 0 radical (unpaired) electrons. The maximum absolute atomic E-state index is 4.50. The molecule has 0 bridgehead atoms. The van der Waals surface area contributed by atoms with Crippen LogP contribution in [0.5, 0.6) is 0 Å². The Labute approximate surface area is 98.5 Å². The van der Waals surface area contributed by atoms with E-state index < -0.39 is 0 Å². The molecule has 0 spiro atoms. The minimum Gasteiger partial charge on any atom is -0.314 e. The van der Waals surface area contributed by atoms with Gasteiger partial charge >= 0.3 is 0 Å². The number of hydrogen-bond acceptors (Lipinski definition) is 2. The van der Waals surface area contributed by atoms with Gasteiger partial charge in [-0.15, -0.1) is 0 Å². The molecule has 1 atom stereocenters. The molecule has 1 unspecified atom stereocenters. The summed E-state index contributed by atoms with van der Waals surface area (Å²) < 4.78 is 0. The summed E-state index contributed by atoms with van der Waals surface area (Å²) in [7, 11) is 0. The third-order valence-electron chi connectivity index (χ3n) is 3.59. The van der Waals surface area contributed by atoms with Gasteiger partial charge in [-0.25, -0.2) is 0 Å². The number of likely N-dealkylation sites (N-methyl/N-ethyl adjacent to an activating group) is 1. The summed E-state index contributed by atoms with van der Waals surface area (Å²) in [6.45, 7) is 5.34. The summed E-state index contributed by atoms with van der Waals surface area (Å²) in [6.07, 6.45) is 7.25. The Balaban J connectivity index is 1.96. The third-order valence-corrected chi connectivity index (χ3v) is 3.59. The Kier molecular flexibility index (Phi) is 3.94. The number of hydrogen-bond donors (Lipinski definition) is 1. The molecule has 1 aromatic rings. The van der Waals surface area contributed by atoms with Crippen LogP contribution >= 0.6 is 0 Å². The summed E-state index contributed by atoms with van der Waals surface area (Å²) in [5.41, 5.74) is 2.47. The largest absolute Gasteiger partial charge is 0.314 e. The molecule has 0 amide bonds. The molecule has 1 saturated carbocycles. The van der Waals surface area contributed by atoms with E-state index in [-0.39, 0.29) is 0 Å². The van der Waals surface area contributed by atoms with Crippen LogP contribution in [-0.2, 0) is 6.42 Å². The van der Waals surface area contributed by atoms with Crippen LogP contribution in [0.4, 0.5) is 0 Å². The second-order valence-electron chi connectivity index (χ2n) is 4.89. The Hall–Kier alpha value is -0.890. The first kappa shape index (κ1) is 11.6. The number of nitrogens with zero attached hydrogens (tertiary/aromatic N) is 1. The van der Waals surface area contributed by atoms with Gasteiger partial charge in [0.15, 0.2) is 0 Å². The Morgan fingerprint density at radius 3 is 2.75 bits per heavy atom. The molecule has 1 N–H and O–H groups in total. The van der Waals surface area contributed by atoms with Crippen LogP contribution in [0, 0.1) is 12.8 Å². The minimum atomic E-state index is 0.633. The molecule has 2 rings (SSSR count). The lowest BCUT2D eigenvalue weighted by molar-refractivity contribution is 0.228. The van der Waals surface area contributed by atoms with E-state index in [1.165, 1.54) is 30.5 Å². The van der Waals surface area contributed by atoms with Gasteiger partial charge in [-0.3, -0.25) is 4.98 Å². The van der Waals surface area contributed by atoms with Crippen molar-refractivity contribution in [2.45, 2.75) is 45.6 Å². The zero-order valence-corrected chi connectivity index (χ0v) is 10.4. The zero-order chi connectivity index (χ0) is 11.4. The highest BCUT2D eigenvalue weighted by Gasteiger charge is 2.26. The predicted octanol–water partition coefficient (Wildman–Crippen LogP) is 2.71. The SMILES string of the molecule is CCNC(Cc1ccc(C)cn1)C1CCC1. The first-order valence-corrected chi connectivity index (χ1v) is 6.44. The first-order valence-electron chi connectivity index (χ1n) is 6.44. The molecular formula is C14H22N2. The summed E-state index contributed by atoms with van der Waals surface area (Å²) in [4.78, 5) is 4.50. The van der Waals surface area contributed by atoms with Crippen molar-refractivity contribution in [1.82, 2.24) is 10.3 Å². The van der Waals surface area contributed by atoms with Crippen molar-refractivity contribution in [3.8, 4) is 0 Å². The van der Waals surface area contributed by atoms with Gasteiger partial charge in [-0.05, 0) is 43.9 Å². The molecular weight excluding hydrogens is 196 g/mol. The molecule has 0 aromatic carbocycles. The van der Waals surface area contributed by atoms with E-state index in [4.69, 9.17) is 0 Å². The van der Waals surface area contributed by atoms with E-state index in [9.17, 15) is 0 Å².